The molecule has 0 spiro atoms. The fraction of sp³-hybridized carbons (Fsp3) is 0.133. The van der Waals surface area contributed by atoms with Crippen LogP contribution in [0.25, 0.3) is 0 Å². The third-order valence-electron chi connectivity index (χ3n) is 2.99. The van der Waals surface area contributed by atoms with Crippen molar-refractivity contribution in [1.29, 1.82) is 0 Å². The van der Waals surface area contributed by atoms with Crippen molar-refractivity contribution in [2.24, 2.45) is 0 Å². The molecule has 5 nitrogen and oxygen atoms in total. The van der Waals surface area contributed by atoms with Crippen LogP contribution in [0.2, 0.25) is 5.22 Å². The highest BCUT2D eigenvalue weighted by molar-refractivity contribution is 6.32. The molecule has 0 saturated carbocycles. The van der Waals surface area contributed by atoms with Gasteiger partial charge in [0.15, 0.2) is 0 Å². The molecule has 3 aromatic heterocycles. The van der Waals surface area contributed by atoms with Crippen LogP contribution in [0.3, 0.4) is 0 Å². The number of carbonyl (C=O) groups is 1. The molecule has 0 aliphatic heterocycles. The lowest BCUT2D eigenvalue weighted by Crippen LogP contribution is -2.29. The van der Waals surface area contributed by atoms with Crippen molar-refractivity contribution < 1.29 is 18.0 Å². The van der Waals surface area contributed by atoms with Crippen molar-refractivity contribution in [3.63, 3.8) is 0 Å². The van der Waals surface area contributed by atoms with Crippen LogP contribution in [0.4, 0.5) is 0 Å². The lowest BCUT2D eigenvalue weighted by atomic mass is 10.2. The van der Waals surface area contributed by atoms with E-state index in [0.29, 0.717) is 30.2 Å². The summed E-state index contributed by atoms with van der Waals surface area (Å²) in [6.07, 6.45) is 4.51. The molecule has 0 bridgehead atoms. The van der Waals surface area contributed by atoms with Crippen LogP contribution in [-0.2, 0) is 13.1 Å². The first kappa shape index (κ1) is 13.6. The number of hydrogen-bond donors (Lipinski definition) is 0. The van der Waals surface area contributed by atoms with E-state index in [1.165, 1.54) is 6.26 Å². The molecule has 0 aliphatic carbocycles. The fourth-order valence-corrected chi connectivity index (χ4v) is 2.19. The Kier molecular flexibility index (Phi) is 3.83. The molecule has 0 aromatic carbocycles. The van der Waals surface area contributed by atoms with Crippen LogP contribution >= 0.6 is 11.6 Å². The molecule has 0 saturated heterocycles. The van der Waals surface area contributed by atoms with Gasteiger partial charge in [0.25, 0.3) is 5.91 Å². The predicted octanol–water partition coefficient (Wildman–Crippen LogP) is 3.96. The first-order valence-electron chi connectivity index (χ1n) is 6.31. The third kappa shape index (κ3) is 3.03. The monoisotopic (exact) mass is 305 g/mol. The zero-order chi connectivity index (χ0) is 14.7. The zero-order valence-corrected chi connectivity index (χ0v) is 11.7. The Morgan fingerprint density at radius 2 is 1.57 bits per heavy atom. The second-order valence-corrected chi connectivity index (χ2v) is 4.77. The molecule has 108 valence electrons. The summed E-state index contributed by atoms with van der Waals surface area (Å²) < 4.78 is 15.6. The van der Waals surface area contributed by atoms with E-state index in [-0.39, 0.29) is 11.1 Å². The van der Waals surface area contributed by atoms with E-state index in [4.69, 9.17) is 24.9 Å². The summed E-state index contributed by atoms with van der Waals surface area (Å²) in [6, 6.07) is 8.70. The normalized spacial score (nSPS) is 10.7. The topological polar surface area (TPSA) is 59.7 Å². The Hall–Kier alpha value is -2.40. The quantitative estimate of drug-likeness (QED) is 0.716. The lowest BCUT2D eigenvalue weighted by Gasteiger charge is -2.20. The van der Waals surface area contributed by atoms with Crippen molar-refractivity contribution in [1.82, 2.24) is 4.90 Å². The second-order valence-electron chi connectivity index (χ2n) is 4.43. The Morgan fingerprint density at radius 1 is 0.952 bits per heavy atom. The minimum atomic E-state index is -0.249. The number of rotatable bonds is 5. The standard InChI is InChI=1S/C15H12ClNO4/c16-14-13(5-8-21-14)15(18)17(9-11-3-1-6-19-11)10-12-4-2-7-20-12/h1-8H,9-10H2. The van der Waals surface area contributed by atoms with Gasteiger partial charge in [0.2, 0.25) is 5.22 Å². The van der Waals surface area contributed by atoms with Crippen LogP contribution in [0.15, 0.2) is 62.4 Å². The maximum Gasteiger partial charge on any atom is 0.259 e. The summed E-state index contributed by atoms with van der Waals surface area (Å²) in [4.78, 5) is 14.2. The molecular formula is C15H12ClNO4. The maximum atomic E-state index is 12.6. The molecule has 3 heterocycles. The number of halogens is 1. The average molecular weight is 306 g/mol. The molecule has 0 fully saturated rings. The highest BCUT2D eigenvalue weighted by Gasteiger charge is 2.22. The number of nitrogens with zero attached hydrogens (tertiary/aromatic N) is 1. The first-order chi connectivity index (χ1) is 10.2. The Morgan fingerprint density at radius 3 is 2.00 bits per heavy atom. The van der Waals surface area contributed by atoms with Crippen LogP contribution in [0.5, 0.6) is 0 Å². The Bertz CT molecular complexity index is 664. The smallest absolute Gasteiger partial charge is 0.259 e. The minimum absolute atomic E-state index is 0.0730. The molecule has 21 heavy (non-hydrogen) atoms. The first-order valence-corrected chi connectivity index (χ1v) is 6.69. The van der Waals surface area contributed by atoms with Crippen molar-refractivity contribution >= 4 is 17.5 Å². The van der Waals surface area contributed by atoms with Gasteiger partial charge in [0.05, 0.1) is 37.4 Å². The van der Waals surface area contributed by atoms with Gasteiger partial charge >= 0.3 is 0 Å². The van der Waals surface area contributed by atoms with Crippen LogP contribution in [0, 0.1) is 0 Å². The molecule has 3 rings (SSSR count). The molecule has 3 aromatic rings. The second kappa shape index (κ2) is 5.93. The van der Waals surface area contributed by atoms with Gasteiger partial charge in [-0.25, -0.2) is 0 Å². The summed E-state index contributed by atoms with van der Waals surface area (Å²) in [5, 5.41) is 0.0730. The molecule has 0 atom stereocenters. The Labute approximate surface area is 125 Å². The highest BCUT2D eigenvalue weighted by Crippen LogP contribution is 2.21. The van der Waals surface area contributed by atoms with E-state index in [2.05, 4.69) is 0 Å². The summed E-state index contributed by atoms with van der Waals surface area (Å²) in [7, 11) is 0. The molecule has 0 radical (unpaired) electrons. The molecule has 6 heteroatoms. The SMILES string of the molecule is O=C(c1ccoc1Cl)N(Cc1ccco1)Cc1ccco1. The Balaban J connectivity index is 1.84. The van der Waals surface area contributed by atoms with Gasteiger partial charge in [-0.1, -0.05) is 0 Å². The minimum Gasteiger partial charge on any atom is -0.467 e. The van der Waals surface area contributed by atoms with Crippen LogP contribution in [0.1, 0.15) is 21.9 Å². The van der Waals surface area contributed by atoms with Gasteiger partial charge in [0, 0.05) is 0 Å². The molecule has 0 aliphatic rings. The number of furan rings is 3. The average Bonchev–Trinajstić information content (AvgIpc) is 3.19. The van der Waals surface area contributed by atoms with Gasteiger partial charge in [-0.15, -0.1) is 0 Å². The fourth-order valence-electron chi connectivity index (χ4n) is 2.00. The van der Waals surface area contributed by atoms with Crippen molar-refractivity contribution in [2.45, 2.75) is 13.1 Å². The van der Waals surface area contributed by atoms with Gasteiger partial charge in [0.1, 0.15) is 11.5 Å². The van der Waals surface area contributed by atoms with Crippen molar-refractivity contribution in [3.8, 4) is 0 Å². The van der Waals surface area contributed by atoms with E-state index in [1.54, 1.807) is 47.8 Å². The van der Waals surface area contributed by atoms with E-state index in [9.17, 15) is 4.79 Å². The van der Waals surface area contributed by atoms with E-state index in [0.717, 1.165) is 0 Å². The van der Waals surface area contributed by atoms with Crippen molar-refractivity contribution in [3.05, 3.63) is 71.4 Å². The third-order valence-corrected chi connectivity index (χ3v) is 3.28. The summed E-state index contributed by atoms with van der Waals surface area (Å²) >= 11 is 5.88. The number of hydrogen-bond acceptors (Lipinski definition) is 4. The van der Waals surface area contributed by atoms with Crippen molar-refractivity contribution in [2.75, 3.05) is 0 Å². The van der Waals surface area contributed by atoms with Gasteiger partial charge < -0.3 is 18.2 Å². The zero-order valence-electron chi connectivity index (χ0n) is 11.0. The van der Waals surface area contributed by atoms with E-state index in [1.807, 2.05) is 0 Å². The van der Waals surface area contributed by atoms with Crippen LogP contribution < -0.4 is 0 Å². The summed E-state index contributed by atoms with van der Waals surface area (Å²) in [5.74, 6) is 1.10. The summed E-state index contributed by atoms with van der Waals surface area (Å²) in [6.45, 7) is 0.627. The van der Waals surface area contributed by atoms with Gasteiger partial charge in [-0.2, -0.15) is 0 Å². The lowest BCUT2D eigenvalue weighted by molar-refractivity contribution is 0.0704. The van der Waals surface area contributed by atoms with E-state index >= 15 is 0 Å². The maximum absolute atomic E-state index is 12.6. The summed E-state index contributed by atoms with van der Waals surface area (Å²) in [5.41, 5.74) is 0.315. The molecular weight excluding hydrogens is 294 g/mol. The van der Waals surface area contributed by atoms with Gasteiger partial charge in [-0.05, 0) is 41.9 Å². The highest BCUT2D eigenvalue weighted by atomic mass is 35.5. The predicted molar refractivity (Wildman–Crippen MR) is 74.7 cm³/mol. The molecule has 0 N–H and O–H groups in total. The van der Waals surface area contributed by atoms with Crippen LogP contribution in [-0.4, -0.2) is 10.8 Å². The number of carbonyl (C=O) groups excluding carboxylic acids is 1. The van der Waals surface area contributed by atoms with E-state index < -0.39 is 0 Å². The number of amides is 1. The largest absolute Gasteiger partial charge is 0.467 e. The molecule has 1 amide bonds. The molecule has 0 unspecified atom stereocenters. The van der Waals surface area contributed by atoms with Gasteiger partial charge in [-0.3, -0.25) is 4.79 Å².